The third-order valence-corrected chi connectivity index (χ3v) is 5.58. The zero-order valence-corrected chi connectivity index (χ0v) is 17.0. The van der Waals surface area contributed by atoms with E-state index in [4.69, 9.17) is 16.3 Å². The average Bonchev–Trinajstić information content (AvgIpc) is 2.96. The summed E-state index contributed by atoms with van der Waals surface area (Å²) in [5.41, 5.74) is 0.815. The molecule has 3 amide bonds. The number of carbonyl (C=O) groups excluding carboxylic acids is 4. The summed E-state index contributed by atoms with van der Waals surface area (Å²) in [5.74, 6) is -2.81. The van der Waals surface area contributed by atoms with Crippen LogP contribution in [-0.2, 0) is 23.9 Å². The number of nitrogens with one attached hydrogen (secondary N) is 1. The number of fused-ring (bicyclic) bond motifs is 1. The molecule has 1 saturated heterocycles. The number of nitrogens with zero attached hydrogens (tertiary/aromatic N) is 1. The third kappa shape index (κ3) is 4.50. The van der Waals surface area contributed by atoms with E-state index in [9.17, 15) is 19.2 Å². The summed E-state index contributed by atoms with van der Waals surface area (Å²) >= 11 is 5.95. The first-order valence-electron chi connectivity index (χ1n) is 9.53. The Labute approximate surface area is 174 Å². The molecule has 0 aromatic heterocycles. The summed E-state index contributed by atoms with van der Waals surface area (Å²) in [6.07, 6.45) is 4.75. The summed E-state index contributed by atoms with van der Waals surface area (Å²) in [5, 5.41) is 3.27. The zero-order valence-electron chi connectivity index (χ0n) is 16.3. The second-order valence-corrected chi connectivity index (χ2v) is 7.77. The molecule has 7 nitrogen and oxygen atoms in total. The van der Waals surface area contributed by atoms with Gasteiger partial charge in [0.25, 0.3) is 5.91 Å². The van der Waals surface area contributed by atoms with Crippen molar-refractivity contribution >= 4 is 35.3 Å². The van der Waals surface area contributed by atoms with Gasteiger partial charge in [-0.2, -0.15) is 0 Å². The topological polar surface area (TPSA) is 92.8 Å². The second kappa shape index (κ2) is 8.78. The molecule has 1 aromatic carbocycles. The van der Waals surface area contributed by atoms with Crippen molar-refractivity contribution in [3.05, 3.63) is 47.0 Å². The van der Waals surface area contributed by atoms with Crippen LogP contribution in [0.15, 0.2) is 36.4 Å². The highest BCUT2D eigenvalue weighted by atomic mass is 35.5. The van der Waals surface area contributed by atoms with Crippen LogP contribution in [-0.4, -0.2) is 41.2 Å². The Bertz CT molecular complexity index is 842. The molecule has 1 aromatic rings. The van der Waals surface area contributed by atoms with Gasteiger partial charge in [0, 0.05) is 5.02 Å². The van der Waals surface area contributed by atoms with Gasteiger partial charge < -0.3 is 10.1 Å². The number of carbonyl (C=O) groups is 4. The number of halogens is 1. The van der Waals surface area contributed by atoms with Crippen molar-refractivity contribution in [2.24, 2.45) is 11.8 Å². The van der Waals surface area contributed by atoms with Gasteiger partial charge in [-0.3, -0.25) is 19.3 Å². The van der Waals surface area contributed by atoms with E-state index in [2.05, 4.69) is 5.32 Å². The summed E-state index contributed by atoms with van der Waals surface area (Å²) in [7, 11) is 0. The van der Waals surface area contributed by atoms with Crippen LogP contribution >= 0.6 is 11.6 Å². The van der Waals surface area contributed by atoms with Gasteiger partial charge in [-0.15, -0.1) is 0 Å². The van der Waals surface area contributed by atoms with E-state index in [0.717, 1.165) is 10.5 Å². The number of likely N-dealkylation sites (tertiary alicyclic amines) is 1. The Morgan fingerprint density at radius 1 is 1.17 bits per heavy atom. The van der Waals surface area contributed by atoms with Crippen LogP contribution < -0.4 is 5.32 Å². The van der Waals surface area contributed by atoms with E-state index in [1.54, 1.807) is 25.1 Å². The molecule has 0 bridgehead atoms. The number of rotatable bonds is 6. The van der Waals surface area contributed by atoms with Crippen molar-refractivity contribution in [1.82, 2.24) is 10.2 Å². The molecule has 2 aliphatic rings. The highest BCUT2D eigenvalue weighted by Crippen LogP contribution is 2.36. The Hall–Kier alpha value is -2.67. The molecular formula is C21H23ClN2O5. The normalized spacial score (nSPS) is 22.8. The van der Waals surface area contributed by atoms with Crippen molar-refractivity contribution in [2.45, 2.75) is 38.8 Å². The average molecular weight is 419 g/mol. The number of benzene rings is 1. The molecule has 0 saturated carbocycles. The Kier molecular flexibility index (Phi) is 6.37. The lowest BCUT2D eigenvalue weighted by Crippen LogP contribution is -2.45. The largest absolute Gasteiger partial charge is 0.454 e. The fraction of sp³-hybridized carbons (Fsp3) is 0.429. The number of esters is 1. The molecule has 1 aliphatic carbocycles. The van der Waals surface area contributed by atoms with Gasteiger partial charge in [-0.05, 0) is 44.4 Å². The predicted molar refractivity (Wildman–Crippen MR) is 106 cm³/mol. The summed E-state index contributed by atoms with van der Waals surface area (Å²) in [6.45, 7) is 2.72. The van der Waals surface area contributed by atoms with Crippen LogP contribution in [0.5, 0.6) is 0 Å². The molecule has 29 heavy (non-hydrogen) atoms. The van der Waals surface area contributed by atoms with Gasteiger partial charge in [0.2, 0.25) is 11.8 Å². The molecule has 3 rings (SSSR count). The number of amides is 3. The van der Waals surface area contributed by atoms with Crippen LogP contribution in [0, 0.1) is 11.8 Å². The first kappa shape index (κ1) is 21.0. The van der Waals surface area contributed by atoms with Gasteiger partial charge >= 0.3 is 5.97 Å². The minimum absolute atomic E-state index is 0.324. The molecule has 1 N–H and O–H groups in total. The van der Waals surface area contributed by atoms with Crippen molar-refractivity contribution in [2.75, 3.05) is 6.61 Å². The maximum atomic E-state index is 12.5. The molecule has 0 unspecified atom stereocenters. The number of ether oxygens (including phenoxy) is 1. The molecule has 1 heterocycles. The van der Waals surface area contributed by atoms with Gasteiger partial charge in [-0.25, -0.2) is 4.79 Å². The highest BCUT2D eigenvalue weighted by Gasteiger charge is 2.50. The molecular weight excluding hydrogens is 396 g/mol. The van der Waals surface area contributed by atoms with Crippen molar-refractivity contribution in [1.29, 1.82) is 0 Å². The van der Waals surface area contributed by atoms with Crippen molar-refractivity contribution in [3.8, 4) is 0 Å². The number of hydrogen-bond donors (Lipinski definition) is 1. The lowest BCUT2D eigenvalue weighted by Gasteiger charge is -2.21. The number of hydrogen-bond acceptors (Lipinski definition) is 5. The SMILES string of the molecule is C[C@@H](NC(=O)COC(=O)[C@H](C)N1C(=O)[C@H]2CC=CC[C@@H]2C1=O)c1cccc(Cl)c1. The first-order chi connectivity index (χ1) is 13.8. The van der Waals surface area contributed by atoms with Gasteiger partial charge in [0.1, 0.15) is 6.04 Å². The molecule has 1 fully saturated rings. The number of imide groups is 1. The highest BCUT2D eigenvalue weighted by molar-refractivity contribution is 6.30. The summed E-state index contributed by atoms with van der Waals surface area (Å²) in [4.78, 5) is 50.5. The van der Waals surface area contributed by atoms with E-state index in [0.29, 0.717) is 17.9 Å². The van der Waals surface area contributed by atoms with Gasteiger partial charge in [-0.1, -0.05) is 35.9 Å². The Morgan fingerprint density at radius 3 is 2.38 bits per heavy atom. The number of allylic oxidation sites excluding steroid dienone is 2. The summed E-state index contributed by atoms with van der Waals surface area (Å²) < 4.78 is 5.05. The minimum atomic E-state index is -1.07. The zero-order chi connectivity index (χ0) is 21.1. The second-order valence-electron chi connectivity index (χ2n) is 7.33. The third-order valence-electron chi connectivity index (χ3n) is 5.34. The first-order valence-corrected chi connectivity index (χ1v) is 9.90. The Morgan fingerprint density at radius 2 is 1.79 bits per heavy atom. The smallest absolute Gasteiger partial charge is 0.329 e. The van der Waals surface area contributed by atoms with E-state index in [1.165, 1.54) is 6.92 Å². The molecule has 8 heteroatoms. The predicted octanol–water partition coefficient (Wildman–Crippen LogP) is 2.40. The van der Waals surface area contributed by atoms with Crippen molar-refractivity contribution < 1.29 is 23.9 Å². The van der Waals surface area contributed by atoms with Crippen LogP contribution in [0.2, 0.25) is 5.02 Å². The van der Waals surface area contributed by atoms with E-state index in [-0.39, 0.29) is 17.9 Å². The van der Waals surface area contributed by atoms with E-state index in [1.807, 2.05) is 18.2 Å². The minimum Gasteiger partial charge on any atom is -0.454 e. The monoisotopic (exact) mass is 418 g/mol. The maximum Gasteiger partial charge on any atom is 0.329 e. The van der Waals surface area contributed by atoms with Crippen LogP contribution in [0.4, 0.5) is 0 Å². The fourth-order valence-electron chi connectivity index (χ4n) is 3.71. The van der Waals surface area contributed by atoms with E-state index >= 15 is 0 Å². The molecule has 4 atom stereocenters. The molecule has 154 valence electrons. The standard InChI is InChI=1S/C21H23ClN2O5/c1-12(14-6-5-7-15(22)10-14)23-18(25)11-29-21(28)13(2)24-19(26)16-8-3-4-9-17(16)20(24)27/h3-7,10,12-13,16-17H,8-9,11H2,1-2H3,(H,23,25)/t12-,13+,16+,17+/m1/s1. The maximum absolute atomic E-state index is 12.5. The van der Waals surface area contributed by atoms with Crippen molar-refractivity contribution in [3.63, 3.8) is 0 Å². The van der Waals surface area contributed by atoms with Gasteiger partial charge in [0.05, 0.1) is 17.9 Å². The molecule has 0 spiro atoms. The van der Waals surface area contributed by atoms with Crippen LogP contribution in [0.1, 0.15) is 38.3 Å². The molecule has 0 radical (unpaired) electrons. The quantitative estimate of drug-likeness (QED) is 0.435. The van der Waals surface area contributed by atoms with Crippen LogP contribution in [0.25, 0.3) is 0 Å². The van der Waals surface area contributed by atoms with Crippen LogP contribution in [0.3, 0.4) is 0 Å². The summed E-state index contributed by atoms with van der Waals surface area (Å²) in [6, 6.07) is 5.67. The van der Waals surface area contributed by atoms with E-state index < -0.39 is 36.4 Å². The Balaban J connectivity index is 1.53. The lowest BCUT2D eigenvalue weighted by atomic mass is 9.85. The molecule has 1 aliphatic heterocycles. The lowest BCUT2D eigenvalue weighted by molar-refractivity contribution is -0.159. The van der Waals surface area contributed by atoms with Gasteiger partial charge in [0.15, 0.2) is 6.61 Å². The fourth-order valence-corrected chi connectivity index (χ4v) is 3.91.